The Morgan fingerprint density at radius 1 is 1.38 bits per heavy atom. The van der Waals surface area contributed by atoms with Crippen molar-refractivity contribution < 1.29 is 18.0 Å². The summed E-state index contributed by atoms with van der Waals surface area (Å²) in [5.41, 5.74) is 0.694. The van der Waals surface area contributed by atoms with E-state index in [2.05, 4.69) is 10.3 Å². The van der Waals surface area contributed by atoms with Crippen LogP contribution in [0, 0.1) is 0 Å². The molecule has 7 heteroatoms. The third kappa shape index (κ3) is 2.85. The van der Waals surface area contributed by atoms with Gasteiger partial charge in [0.1, 0.15) is 0 Å². The van der Waals surface area contributed by atoms with Crippen LogP contribution in [0.15, 0.2) is 24.4 Å². The molecule has 0 atom stereocenters. The van der Waals surface area contributed by atoms with Crippen LogP contribution in [0.25, 0.3) is 5.52 Å². The topological polar surface area (TPSA) is 49.0 Å². The molecule has 112 valence electrons. The second kappa shape index (κ2) is 5.26. The first-order valence-corrected chi connectivity index (χ1v) is 7.21. The van der Waals surface area contributed by atoms with E-state index in [0.29, 0.717) is 16.5 Å². The highest BCUT2D eigenvalue weighted by molar-refractivity contribution is 6.32. The van der Waals surface area contributed by atoms with Crippen LogP contribution in [0.3, 0.4) is 0 Å². The summed E-state index contributed by atoms with van der Waals surface area (Å²) < 4.78 is 27.9. The summed E-state index contributed by atoms with van der Waals surface area (Å²) in [5.74, 6) is -2.63. The zero-order valence-corrected chi connectivity index (χ0v) is 12.0. The normalized spacial score (nSPS) is 18.8. The van der Waals surface area contributed by atoms with Crippen LogP contribution in [-0.4, -0.2) is 22.9 Å². The molecule has 2 N–H and O–H groups in total. The number of H-pyrrole nitrogens is 1. The molecule has 1 fully saturated rings. The molecule has 1 aliphatic rings. The van der Waals surface area contributed by atoms with Crippen molar-refractivity contribution in [1.29, 1.82) is 0 Å². The molecular weight excluding hydrogens is 300 g/mol. The second-order valence-electron chi connectivity index (χ2n) is 5.35. The first-order chi connectivity index (χ1) is 9.96. The van der Waals surface area contributed by atoms with E-state index in [0.717, 1.165) is 0 Å². The van der Waals surface area contributed by atoms with E-state index in [1.165, 1.54) is 0 Å². The molecule has 4 nitrogen and oxygen atoms in total. The Kier molecular flexibility index (Phi) is 3.57. The number of hydrogen-bond donors (Lipinski definition) is 2. The molecule has 2 aromatic rings. The minimum Gasteiger partial charge on any atom is -0.343 e. The van der Waals surface area contributed by atoms with E-state index < -0.39 is 5.92 Å². The summed E-state index contributed by atoms with van der Waals surface area (Å²) in [6.45, 7) is 0. The number of nitrogens with one attached hydrogen (secondary N) is 2. The lowest BCUT2D eigenvalue weighted by molar-refractivity contribution is -0.514. The zero-order valence-electron chi connectivity index (χ0n) is 11.2. The predicted octanol–water partition coefficient (Wildman–Crippen LogP) is 2.71. The quantitative estimate of drug-likeness (QED) is 0.823. The van der Waals surface area contributed by atoms with Crippen molar-refractivity contribution in [2.24, 2.45) is 0 Å². The lowest BCUT2D eigenvalue weighted by atomic mass is 9.92. The number of halogens is 3. The fraction of sp³-hybridized carbons (Fsp3) is 0.429. The summed E-state index contributed by atoms with van der Waals surface area (Å²) in [5, 5.41) is 3.17. The van der Waals surface area contributed by atoms with Gasteiger partial charge in [-0.1, -0.05) is 6.07 Å². The van der Waals surface area contributed by atoms with Gasteiger partial charge in [-0.25, -0.2) is 13.8 Å². The lowest BCUT2D eigenvalue weighted by Crippen LogP contribution is -2.43. The molecule has 0 spiro atoms. The molecule has 0 saturated heterocycles. The van der Waals surface area contributed by atoms with Crippen molar-refractivity contribution in [3.63, 3.8) is 0 Å². The van der Waals surface area contributed by atoms with Gasteiger partial charge < -0.3 is 5.32 Å². The van der Waals surface area contributed by atoms with E-state index in [1.54, 1.807) is 22.7 Å². The monoisotopic (exact) mass is 314 g/mol. The van der Waals surface area contributed by atoms with E-state index in [-0.39, 0.29) is 37.6 Å². The molecule has 0 radical (unpaired) electrons. The van der Waals surface area contributed by atoms with Crippen molar-refractivity contribution in [3.8, 4) is 0 Å². The van der Waals surface area contributed by atoms with Crippen molar-refractivity contribution in [3.05, 3.63) is 35.4 Å². The number of alkyl halides is 2. The Morgan fingerprint density at radius 2 is 2.10 bits per heavy atom. The van der Waals surface area contributed by atoms with Gasteiger partial charge in [-0.2, -0.15) is 4.40 Å². The Bertz CT molecular complexity index is 676. The van der Waals surface area contributed by atoms with Crippen LogP contribution in [0.1, 0.15) is 36.3 Å². The van der Waals surface area contributed by atoms with Crippen molar-refractivity contribution in [2.75, 3.05) is 0 Å². The van der Waals surface area contributed by atoms with Crippen LogP contribution in [0.5, 0.6) is 0 Å². The van der Waals surface area contributed by atoms with Gasteiger partial charge in [0.25, 0.3) is 0 Å². The van der Waals surface area contributed by atoms with Crippen LogP contribution in [0.4, 0.5) is 8.78 Å². The molecule has 2 aromatic heterocycles. The molecule has 1 aliphatic carbocycles. The number of pyridine rings is 1. The van der Waals surface area contributed by atoms with Gasteiger partial charge in [0.05, 0.1) is 6.20 Å². The van der Waals surface area contributed by atoms with E-state index in [4.69, 9.17) is 11.6 Å². The number of rotatable bonds is 2. The SMILES string of the molecule is O=C(NC1CCC(F)(F)CC1)c1[nH]c(Cl)c2cccc[n+]12. The Hall–Kier alpha value is -1.69. The highest BCUT2D eigenvalue weighted by atomic mass is 35.5. The van der Waals surface area contributed by atoms with Crippen molar-refractivity contribution in [2.45, 2.75) is 37.6 Å². The first-order valence-electron chi connectivity index (χ1n) is 6.83. The van der Waals surface area contributed by atoms with Gasteiger partial charge >= 0.3 is 11.7 Å². The molecule has 0 unspecified atom stereocenters. The fourth-order valence-electron chi connectivity index (χ4n) is 2.65. The van der Waals surface area contributed by atoms with Crippen LogP contribution in [0.2, 0.25) is 5.15 Å². The van der Waals surface area contributed by atoms with E-state index in [1.807, 2.05) is 6.07 Å². The third-order valence-electron chi connectivity index (χ3n) is 3.82. The maximum atomic E-state index is 13.1. The molecule has 0 aliphatic heterocycles. The van der Waals surface area contributed by atoms with Crippen LogP contribution in [-0.2, 0) is 0 Å². The zero-order chi connectivity index (χ0) is 15.0. The number of carbonyl (C=O) groups excluding carboxylic acids is 1. The second-order valence-corrected chi connectivity index (χ2v) is 5.73. The molecule has 3 rings (SSSR count). The van der Waals surface area contributed by atoms with E-state index >= 15 is 0 Å². The number of fused-ring (bicyclic) bond motifs is 1. The Morgan fingerprint density at radius 3 is 2.81 bits per heavy atom. The number of nitrogens with zero attached hydrogens (tertiary/aromatic N) is 1. The number of aromatic nitrogens is 2. The molecule has 1 amide bonds. The predicted molar refractivity (Wildman–Crippen MR) is 73.6 cm³/mol. The Labute approximate surface area is 125 Å². The lowest BCUT2D eigenvalue weighted by Gasteiger charge is -2.28. The third-order valence-corrected chi connectivity index (χ3v) is 4.11. The molecule has 1 saturated carbocycles. The Balaban J connectivity index is 1.76. The van der Waals surface area contributed by atoms with E-state index in [9.17, 15) is 13.6 Å². The summed E-state index contributed by atoms with van der Waals surface area (Å²) in [6, 6.07) is 5.17. The molecule has 2 heterocycles. The number of imidazole rings is 1. The number of carbonyl (C=O) groups is 1. The largest absolute Gasteiger partial charge is 0.352 e. The summed E-state index contributed by atoms with van der Waals surface area (Å²) in [7, 11) is 0. The van der Waals surface area contributed by atoms with Gasteiger partial charge in [0.15, 0.2) is 5.52 Å². The minimum absolute atomic E-state index is 0.183. The smallest absolute Gasteiger partial charge is 0.343 e. The van der Waals surface area contributed by atoms with Crippen molar-refractivity contribution >= 4 is 23.0 Å². The summed E-state index contributed by atoms with van der Waals surface area (Å²) >= 11 is 6.05. The number of amides is 1. The average Bonchev–Trinajstić information content (AvgIpc) is 2.79. The number of hydrogen-bond acceptors (Lipinski definition) is 1. The molecular formula is C14H15ClF2N3O+. The van der Waals surface area contributed by atoms with Gasteiger partial charge in [-0.15, -0.1) is 0 Å². The standard InChI is InChI=1S/C14H14ClF2N3O/c15-11-10-3-1-2-8-20(10)12(19-11)13(21)18-9-4-6-14(16,17)7-5-9/h1-3,8-9H,4-7H2,(H,18,21)/p+1. The summed E-state index contributed by atoms with van der Waals surface area (Å²) in [6.07, 6.45) is 1.93. The maximum absolute atomic E-state index is 13.1. The van der Waals surface area contributed by atoms with Gasteiger partial charge in [0.2, 0.25) is 11.1 Å². The average molecular weight is 315 g/mol. The van der Waals surface area contributed by atoms with Crippen LogP contribution >= 0.6 is 11.6 Å². The number of aromatic amines is 1. The highest BCUT2D eigenvalue weighted by Crippen LogP contribution is 2.33. The highest BCUT2D eigenvalue weighted by Gasteiger charge is 2.36. The fourth-order valence-corrected chi connectivity index (χ4v) is 2.89. The van der Waals surface area contributed by atoms with Gasteiger partial charge in [-0.3, -0.25) is 4.79 Å². The maximum Gasteiger partial charge on any atom is 0.352 e. The van der Waals surface area contributed by atoms with Gasteiger partial charge in [-0.05, 0) is 36.6 Å². The molecule has 21 heavy (non-hydrogen) atoms. The molecule has 0 bridgehead atoms. The van der Waals surface area contributed by atoms with Crippen LogP contribution < -0.4 is 9.72 Å². The first kappa shape index (κ1) is 14.3. The summed E-state index contributed by atoms with van der Waals surface area (Å²) in [4.78, 5) is 15.1. The van der Waals surface area contributed by atoms with Crippen molar-refractivity contribution in [1.82, 2.24) is 10.3 Å². The minimum atomic E-state index is -2.60. The van der Waals surface area contributed by atoms with Gasteiger partial charge in [0, 0.05) is 18.9 Å². The molecule has 0 aromatic carbocycles.